The first-order chi connectivity index (χ1) is 12.7. The molecule has 0 bridgehead atoms. The van der Waals surface area contributed by atoms with E-state index >= 15 is 0 Å². The number of anilines is 1. The second-order valence-electron chi connectivity index (χ2n) is 6.14. The molecule has 1 aliphatic heterocycles. The Morgan fingerprint density at radius 2 is 2.04 bits per heavy atom. The van der Waals surface area contributed by atoms with Gasteiger partial charge in [-0.05, 0) is 24.3 Å². The third-order valence-corrected chi connectivity index (χ3v) is 5.38. The highest BCUT2D eigenvalue weighted by Crippen LogP contribution is 2.33. The molecule has 1 N–H and O–H groups in total. The van der Waals surface area contributed by atoms with Gasteiger partial charge in [0.05, 0.1) is 17.2 Å². The van der Waals surface area contributed by atoms with Gasteiger partial charge in [-0.15, -0.1) is 0 Å². The number of thiazole rings is 1. The fourth-order valence-corrected chi connectivity index (χ4v) is 3.84. The highest BCUT2D eigenvalue weighted by atomic mass is 32.1. The molecule has 0 radical (unpaired) electrons. The first kappa shape index (κ1) is 16.8. The van der Waals surface area contributed by atoms with Crippen molar-refractivity contribution in [1.82, 2.24) is 10.3 Å². The van der Waals surface area contributed by atoms with Crippen LogP contribution in [0.25, 0.3) is 10.2 Å². The van der Waals surface area contributed by atoms with Gasteiger partial charge in [0.2, 0.25) is 5.91 Å². The zero-order chi connectivity index (χ0) is 17.9. The van der Waals surface area contributed by atoms with Gasteiger partial charge in [-0.2, -0.15) is 0 Å². The fourth-order valence-electron chi connectivity index (χ4n) is 2.84. The largest absolute Gasteiger partial charge is 0.492 e. The smallest absolute Gasteiger partial charge is 0.226 e. The highest BCUT2D eigenvalue weighted by molar-refractivity contribution is 7.22. The van der Waals surface area contributed by atoms with E-state index in [1.54, 1.807) is 6.07 Å². The number of nitrogens with one attached hydrogen (secondary N) is 1. The molecule has 2 aromatic carbocycles. The van der Waals surface area contributed by atoms with Gasteiger partial charge in [0.1, 0.15) is 23.7 Å². The molecule has 7 heteroatoms. The summed E-state index contributed by atoms with van der Waals surface area (Å²) in [6, 6.07) is 14.5. The van der Waals surface area contributed by atoms with Gasteiger partial charge in [0.15, 0.2) is 5.13 Å². The number of hydrogen-bond acceptors (Lipinski definition) is 5. The maximum Gasteiger partial charge on any atom is 0.226 e. The van der Waals surface area contributed by atoms with Crippen LogP contribution >= 0.6 is 11.3 Å². The van der Waals surface area contributed by atoms with E-state index in [0.717, 1.165) is 15.6 Å². The lowest BCUT2D eigenvalue weighted by Gasteiger charge is -2.37. The van der Waals surface area contributed by atoms with Crippen molar-refractivity contribution in [2.24, 2.45) is 5.92 Å². The molecule has 1 fully saturated rings. The molecular formula is C19H18FN3O2S. The molecular weight excluding hydrogens is 353 g/mol. The SMILES string of the molecule is O=C(NCCOc1ccccc1)C1CN(c2nc3c(F)cccc3s2)C1. The first-order valence-electron chi connectivity index (χ1n) is 8.46. The van der Waals surface area contributed by atoms with Crippen LogP contribution in [0.3, 0.4) is 0 Å². The lowest BCUT2D eigenvalue weighted by atomic mass is 10.0. The molecule has 0 aliphatic carbocycles. The molecule has 1 aliphatic rings. The lowest BCUT2D eigenvalue weighted by Crippen LogP contribution is -2.54. The molecule has 134 valence electrons. The summed E-state index contributed by atoms with van der Waals surface area (Å²) < 4.78 is 20.1. The Kier molecular flexibility index (Phi) is 4.71. The zero-order valence-corrected chi connectivity index (χ0v) is 14.8. The highest BCUT2D eigenvalue weighted by Gasteiger charge is 2.34. The number of amides is 1. The number of para-hydroxylation sites is 2. The van der Waals surface area contributed by atoms with Gasteiger partial charge < -0.3 is 15.0 Å². The molecule has 26 heavy (non-hydrogen) atoms. The van der Waals surface area contributed by atoms with E-state index in [2.05, 4.69) is 10.3 Å². The molecule has 0 atom stereocenters. The Balaban J connectivity index is 1.23. The second-order valence-corrected chi connectivity index (χ2v) is 7.15. The summed E-state index contributed by atoms with van der Waals surface area (Å²) in [6.07, 6.45) is 0. The number of carbonyl (C=O) groups excluding carboxylic acids is 1. The molecule has 0 saturated carbocycles. The molecule has 1 saturated heterocycles. The molecule has 4 rings (SSSR count). The van der Waals surface area contributed by atoms with Crippen LogP contribution in [-0.2, 0) is 4.79 Å². The van der Waals surface area contributed by atoms with Crippen LogP contribution in [0.5, 0.6) is 5.75 Å². The van der Waals surface area contributed by atoms with Crippen molar-refractivity contribution in [1.29, 1.82) is 0 Å². The summed E-state index contributed by atoms with van der Waals surface area (Å²) in [5.74, 6) is 0.437. The first-order valence-corrected chi connectivity index (χ1v) is 9.28. The predicted molar refractivity (Wildman–Crippen MR) is 100 cm³/mol. The molecule has 0 spiro atoms. The number of hydrogen-bond donors (Lipinski definition) is 1. The summed E-state index contributed by atoms with van der Waals surface area (Å²) in [5.41, 5.74) is 0.401. The Labute approximate surface area is 154 Å². The van der Waals surface area contributed by atoms with Gasteiger partial charge in [-0.3, -0.25) is 4.79 Å². The lowest BCUT2D eigenvalue weighted by molar-refractivity contribution is -0.125. The average Bonchev–Trinajstić information content (AvgIpc) is 3.03. The molecule has 3 aromatic rings. The minimum Gasteiger partial charge on any atom is -0.492 e. The van der Waals surface area contributed by atoms with E-state index in [-0.39, 0.29) is 17.6 Å². The van der Waals surface area contributed by atoms with Crippen LogP contribution in [0, 0.1) is 11.7 Å². The van der Waals surface area contributed by atoms with E-state index in [9.17, 15) is 9.18 Å². The van der Waals surface area contributed by atoms with E-state index in [1.807, 2.05) is 41.3 Å². The number of aromatic nitrogens is 1. The van der Waals surface area contributed by atoms with Crippen LogP contribution in [-0.4, -0.2) is 37.1 Å². The normalized spacial score (nSPS) is 14.3. The van der Waals surface area contributed by atoms with Crippen LogP contribution in [0.1, 0.15) is 0 Å². The predicted octanol–water partition coefficient (Wildman–Crippen LogP) is 3.07. The minimum absolute atomic E-state index is 0.0187. The number of benzene rings is 2. The van der Waals surface area contributed by atoms with Crippen molar-refractivity contribution in [2.45, 2.75) is 0 Å². The zero-order valence-electron chi connectivity index (χ0n) is 14.0. The molecule has 0 unspecified atom stereocenters. The summed E-state index contributed by atoms with van der Waals surface area (Å²) in [7, 11) is 0. The summed E-state index contributed by atoms with van der Waals surface area (Å²) in [4.78, 5) is 18.5. The van der Waals surface area contributed by atoms with Gasteiger partial charge in [0, 0.05) is 13.1 Å². The number of halogens is 1. The van der Waals surface area contributed by atoms with Crippen molar-refractivity contribution in [3.63, 3.8) is 0 Å². The third-order valence-electron chi connectivity index (χ3n) is 4.29. The summed E-state index contributed by atoms with van der Waals surface area (Å²) >= 11 is 1.45. The van der Waals surface area contributed by atoms with Crippen LogP contribution in [0.2, 0.25) is 0 Å². The monoisotopic (exact) mass is 371 g/mol. The third kappa shape index (κ3) is 3.48. The number of rotatable bonds is 6. The Hall–Kier alpha value is -2.67. The van der Waals surface area contributed by atoms with Crippen molar-refractivity contribution in [3.05, 3.63) is 54.3 Å². The summed E-state index contributed by atoms with van der Waals surface area (Å²) in [6.45, 7) is 2.11. The average molecular weight is 371 g/mol. The molecule has 2 heterocycles. The Morgan fingerprint density at radius 3 is 2.81 bits per heavy atom. The van der Waals surface area contributed by atoms with E-state index in [4.69, 9.17) is 4.74 Å². The molecule has 1 aromatic heterocycles. The van der Waals surface area contributed by atoms with E-state index < -0.39 is 0 Å². The Bertz CT molecular complexity index is 910. The molecule has 1 amide bonds. The topological polar surface area (TPSA) is 54.5 Å². The van der Waals surface area contributed by atoms with Crippen molar-refractivity contribution < 1.29 is 13.9 Å². The quantitative estimate of drug-likeness (QED) is 0.677. The van der Waals surface area contributed by atoms with Gasteiger partial charge in [0.25, 0.3) is 0 Å². The van der Waals surface area contributed by atoms with Crippen molar-refractivity contribution >= 4 is 32.6 Å². The van der Waals surface area contributed by atoms with Crippen molar-refractivity contribution in [2.75, 3.05) is 31.1 Å². The fraction of sp³-hybridized carbons (Fsp3) is 0.263. The second kappa shape index (κ2) is 7.29. The maximum absolute atomic E-state index is 13.7. The summed E-state index contributed by atoms with van der Waals surface area (Å²) in [5, 5.41) is 3.66. The van der Waals surface area contributed by atoms with Crippen molar-refractivity contribution in [3.8, 4) is 5.75 Å². The molecule has 5 nitrogen and oxygen atoms in total. The van der Waals surface area contributed by atoms with Crippen LogP contribution in [0.4, 0.5) is 9.52 Å². The maximum atomic E-state index is 13.7. The van der Waals surface area contributed by atoms with E-state index in [0.29, 0.717) is 31.8 Å². The number of fused-ring (bicyclic) bond motifs is 1. The Morgan fingerprint density at radius 1 is 1.23 bits per heavy atom. The number of carbonyl (C=O) groups is 1. The van der Waals surface area contributed by atoms with Crippen LogP contribution < -0.4 is 15.0 Å². The number of ether oxygens (including phenoxy) is 1. The minimum atomic E-state index is -0.307. The van der Waals surface area contributed by atoms with E-state index in [1.165, 1.54) is 17.4 Å². The standard InChI is InChI=1S/C19H18FN3O2S/c20-15-7-4-8-16-17(15)22-19(26-16)23-11-13(12-23)18(24)21-9-10-25-14-5-2-1-3-6-14/h1-8,13H,9-12H2,(H,21,24). The van der Waals surface area contributed by atoms with Gasteiger partial charge in [-0.25, -0.2) is 9.37 Å². The van der Waals surface area contributed by atoms with Gasteiger partial charge in [-0.1, -0.05) is 35.6 Å². The van der Waals surface area contributed by atoms with Gasteiger partial charge >= 0.3 is 0 Å². The number of nitrogens with zero attached hydrogens (tertiary/aromatic N) is 2. The van der Waals surface area contributed by atoms with Crippen LogP contribution in [0.15, 0.2) is 48.5 Å².